The Morgan fingerprint density at radius 2 is 1.62 bits per heavy atom. The number of thiazole rings is 1. The van der Waals surface area contributed by atoms with Crippen LogP contribution < -0.4 is 31.1 Å². The largest absolute Gasteiger partial charge is 0.371 e. The third-order valence-corrected chi connectivity index (χ3v) is 17.9. The van der Waals surface area contributed by atoms with Crippen molar-refractivity contribution in [3.63, 3.8) is 0 Å². The topological polar surface area (TPSA) is 67.7 Å². The third kappa shape index (κ3) is 10.4. The van der Waals surface area contributed by atoms with E-state index in [0.29, 0.717) is 64.3 Å². The molecule has 0 amide bonds. The van der Waals surface area contributed by atoms with Gasteiger partial charge < -0.3 is 29.9 Å². The number of likely N-dealkylation sites (tertiary alicyclic amines) is 1. The average molecular weight is 1070 g/mol. The molecule has 3 saturated heterocycles. The van der Waals surface area contributed by atoms with Gasteiger partial charge in [-0.1, -0.05) is 112 Å². The van der Waals surface area contributed by atoms with Gasteiger partial charge in [0.2, 0.25) is 0 Å². The van der Waals surface area contributed by atoms with Crippen LogP contribution in [0.5, 0.6) is 0 Å². The molecule has 7 aromatic rings. The first kappa shape index (κ1) is 52.7. The van der Waals surface area contributed by atoms with Crippen molar-refractivity contribution in [1.29, 1.82) is 0 Å². The monoisotopic (exact) mass is 1070 g/mol. The van der Waals surface area contributed by atoms with Crippen LogP contribution in [0.1, 0.15) is 78.1 Å². The van der Waals surface area contributed by atoms with Gasteiger partial charge in [0.15, 0.2) is 5.13 Å². The van der Waals surface area contributed by atoms with Gasteiger partial charge in [0.05, 0.1) is 34.2 Å². The fourth-order valence-electron chi connectivity index (χ4n) is 12.5. The number of aryl methyl sites for hydroxylation is 1. The van der Waals surface area contributed by atoms with E-state index in [1.54, 1.807) is 17.4 Å². The number of rotatable bonds is 16. The normalized spacial score (nSPS) is 18.8. The predicted molar refractivity (Wildman–Crippen MR) is 320 cm³/mol. The molecule has 4 aromatic carbocycles. The van der Waals surface area contributed by atoms with Crippen LogP contribution in [0.3, 0.4) is 0 Å². The van der Waals surface area contributed by atoms with Crippen LogP contribution in [-0.4, -0.2) is 82.6 Å². The second kappa shape index (κ2) is 21.8. The number of benzene rings is 4. The van der Waals surface area contributed by atoms with E-state index in [-0.39, 0.29) is 18.4 Å². The molecule has 402 valence electrons. The number of nitrogens with zero attached hydrogens (tertiary/aromatic N) is 7. The molecule has 4 aliphatic rings. The number of pyridine rings is 1. The lowest BCUT2D eigenvalue weighted by Crippen LogP contribution is -2.51. The van der Waals surface area contributed by atoms with Crippen LogP contribution in [0, 0.1) is 18.7 Å². The number of hydrogen-bond donors (Lipinski definition) is 2. The second-order valence-corrected chi connectivity index (χ2v) is 22.8. The Bertz CT molecular complexity index is 3590. The maximum absolute atomic E-state index is 15.9. The van der Waals surface area contributed by atoms with Crippen LogP contribution in [0.2, 0.25) is 0 Å². The number of allylic oxidation sites excluding steroid dienone is 2. The summed E-state index contributed by atoms with van der Waals surface area (Å²) < 4.78 is 50.9. The molecule has 78 heavy (non-hydrogen) atoms. The Kier molecular flexibility index (Phi) is 14.7. The zero-order valence-electron chi connectivity index (χ0n) is 45.0. The smallest absolute Gasteiger partial charge is 0.263 e. The summed E-state index contributed by atoms with van der Waals surface area (Å²) in [4.78, 5) is 18.4. The van der Waals surface area contributed by atoms with Crippen LogP contribution in [0.4, 0.5) is 29.8 Å². The molecule has 2 N–H and O–H groups in total. The first-order valence-corrected chi connectivity index (χ1v) is 28.3. The Hall–Kier alpha value is -7.35. The summed E-state index contributed by atoms with van der Waals surface area (Å²) in [6, 6.07) is 28.7. The fraction of sp³-hybridized carbons (Fsp3) is 0.323. The van der Waals surface area contributed by atoms with Crippen molar-refractivity contribution >= 4 is 73.9 Å². The molecular formula is C65H70F3N9S. The van der Waals surface area contributed by atoms with Crippen molar-refractivity contribution in [2.75, 3.05) is 67.5 Å². The molecule has 3 fully saturated rings. The molecule has 13 heteroatoms. The minimum atomic E-state index is -2.79. The summed E-state index contributed by atoms with van der Waals surface area (Å²) in [7, 11) is 0. The van der Waals surface area contributed by atoms with Crippen molar-refractivity contribution in [2.24, 2.45) is 5.92 Å². The number of alkyl halides is 2. The quantitative estimate of drug-likeness (QED) is 0.0928. The van der Waals surface area contributed by atoms with Crippen LogP contribution in [-0.2, 0) is 19.4 Å². The predicted octanol–water partition coefficient (Wildman–Crippen LogP) is 12.8. The van der Waals surface area contributed by atoms with E-state index in [2.05, 4.69) is 137 Å². The second-order valence-electron chi connectivity index (χ2n) is 21.8. The lowest BCUT2D eigenvalue weighted by atomic mass is 9.87. The lowest BCUT2D eigenvalue weighted by Gasteiger charge is -2.42. The van der Waals surface area contributed by atoms with Crippen molar-refractivity contribution in [2.45, 2.75) is 76.8 Å². The number of halogens is 3. The first-order valence-electron chi connectivity index (χ1n) is 27.5. The number of hydrogen-bond acceptors (Lipinski definition) is 9. The lowest BCUT2D eigenvalue weighted by molar-refractivity contribution is -0.112. The number of para-hydroxylation sites is 1. The molecule has 4 aliphatic heterocycles. The van der Waals surface area contributed by atoms with E-state index in [1.165, 1.54) is 22.3 Å². The number of aromatic nitrogens is 3. The maximum Gasteiger partial charge on any atom is 0.263 e. The van der Waals surface area contributed by atoms with Gasteiger partial charge >= 0.3 is 0 Å². The van der Waals surface area contributed by atoms with E-state index >= 15 is 13.2 Å². The van der Waals surface area contributed by atoms with Gasteiger partial charge in [0.25, 0.3) is 5.92 Å². The SMILES string of the molecule is C=Cc1nc(N2CCc3cccc(C(=C)Nc4nc5ccccc5s4)c3C2)ccc1-c1cccc(CCCC[C@@H]2CCN(CC(=C)N3CCN(c4cc5c(=C)n(C6CCC(=C)NC6=C)c(=C)c5cc4F)CC3)CC2(F)F)c1C. The van der Waals surface area contributed by atoms with Gasteiger partial charge in [-0.2, -0.15) is 0 Å². The Morgan fingerprint density at radius 1 is 0.833 bits per heavy atom. The van der Waals surface area contributed by atoms with Crippen molar-refractivity contribution < 1.29 is 13.2 Å². The van der Waals surface area contributed by atoms with Gasteiger partial charge in [0, 0.05) is 107 Å². The zero-order chi connectivity index (χ0) is 54.4. The average Bonchev–Trinajstić information content (AvgIpc) is 4.01. The van der Waals surface area contributed by atoms with E-state index in [9.17, 15) is 0 Å². The van der Waals surface area contributed by atoms with E-state index < -0.39 is 11.8 Å². The summed E-state index contributed by atoms with van der Waals surface area (Å²) in [6.45, 7) is 36.8. The van der Waals surface area contributed by atoms with Gasteiger partial charge in [-0.3, -0.25) is 4.90 Å². The molecule has 0 spiro atoms. The van der Waals surface area contributed by atoms with E-state index in [0.717, 1.165) is 133 Å². The molecule has 0 aliphatic carbocycles. The fourth-order valence-corrected chi connectivity index (χ4v) is 13.4. The number of piperazine rings is 1. The third-order valence-electron chi connectivity index (χ3n) is 16.9. The zero-order valence-corrected chi connectivity index (χ0v) is 45.8. The summed E-state index contributed by atoms with van der Waals surface area (Å²) >= 11 is 1.62. The molecule has 0 saturated carbocycles. The standard InChI is InChI=1S/C65H70F3N9S/c1-9-58-53(25-27-63(71-58)76-31-28-49-18-15-21-52(56(49)39-76)44(5)70-64-72-59-22-12-13-23-62(59)78-64)51-20-14-17-48(43(51)4)16-10-11-19-50-29-30-73(40-65(50,67)68)38-42(3)74-32-34-75(35-33-74)61-37-55-47(8)77(46(7)54(55)36-57(61)66)60-26-24-41(2)69-45(60)6/h9,12-15,17-18,20-23,25,27,36-37,50,60,69H,1-3,5-8,10-11,16,19,24,26,28-35,38-40H2,4H3,(H,70,72)/t50-,60?/m1/s1. The number of anilines is 3. The molecule has 7 heterocycles. The molecule has 3 aromatic heterocycles. The Labute approximate surface area is 460 Å². The van der Waals surface area contributed by atoms with Gasteiger partial charge in [0.1, 0.15) is 11.6 Å². The Balaban J connectivity index is 0.657. The van der Waals surface area contributed by atoms with Gasteiger partial charge in [-0.25, -0.2) is 23.1 Å². The molecular weight excluding hydrogens is 996 g/mol. The summed E-state index contributed by atoms with van der Waals surface area (Å²) in [5.41, 5.74) is 13.9. The molecule has 0 radical (unpaired) electrons. The minimum Gasteiger partial charge on any atom is -0.371 e. The number of piperidine rings is 2. The Morgan fingerprint density at radius 3 is 2.38 bits per heavy atom. The highest BCUT2D eigenvalue weighted by molar-refractivity contribution is 7.22. The van der Waals surface area contributed by atoms with Crippen LogP contribution in [0.25, 0.3) is 57.0 Å². The maximum atomic E-state index is 15.9. The van der Waals surface area contributed by atoms with E-state index in [4.69, 9.17) is 9.97 Å². The van der Waals surface area contributed by atoms with Crippen molar-refractivity contribution in [3.8, 4) is 11.1 Å². The first-order chi connectivity index (χ1) is 37.6. The minimum absolute atomic E-state index is 0.0446. The number of nitrogens with one attached hydrogen (secondary N) is 2. The van der Waals surface area contributed by atoms with Gasteiger partial charge in [-0.05, 0) is 129 Å². The van der Waals surface area contributed by atoms with Crippen LogP contribution >= 0.6 is 11.3 Å². The number of unbranched alkanes of at least 4 members (excludes halogenated alkanes) is 1. The molecule has 11 rings (SSSR count). The van der Waals surface area contributed by atoms with Crippen LogP contribution in [0.15, 0.2) is 135 Å². The summed E-state index contributed by atoms with van der Waals surface area (Å²) in [6.07, 6.45) is 7.69. The molecule has 9 nitrogen and oxygen atoms in total. The summed E-state index contributed by atoms with van der Waals surface area (Å²) in [5, 5.41) is 10.7. The molecule has 0 bridgehead atoms. The molecule has 1 unspecified atom stereocenters. The highest BCUT2D eigenvalue weighted by Gasteiger charge is 2.44. The van der Waals surface area contributed by atoms with Crippen molar-refractivity contribution in [3.05, 3.63) is 185 Å². The van der Waals surface area contributed by atoms with Gasteiger partial charge in [-0.15, -0.1) is 0 Å². The van der Waals surface area contributed by atoms with Crippen molar-refractivity contribution in [1.82, 2.24) is 29.7 Å². The molecule has 2 atom stereocenters. The summed E-state index contributed by atoms with van der Waals surface area (Å²) in [5.74, 6) is -2.84. The highest BCUT2D eigenvalue weighted by atomic mass is 32.1. The van der Waals surface area contributed by atoms with E-state index in [1.807, 2.05) is 35.2 Å². The highest BCUT2D eigenvalue weighted by Crippen LogP contribution is 2.39. The number of fused-ring (bicyclic) bond motifs is 3.